The molecule has 1 unspecified atom stereocenters. The van der Waals surface area contributed by atoms with Gasteiger partial charge < -0.3 is 15.1 Å². The Kier molecular flexibility index (Phi) is 5.24. The second-order valence-electron chi connectivity index (χ2n) is 4.81. The molecular formula is C16H20N2O2. The van der Waals surface area contributed by atoms with Gasteiger partial charge >= 0.3 is 0 Å². The van der Waals surface area contributed by atoms with Crippen molar-refractivity contribution in [1.29, 1.82) is 0 Å². The van der Waals surface area contributed by atoms with E-state index in [1.165, 1.54) is 0 Å². The van der Waals surface area contributed by atoms with Gasteiger partial charge in [0.05, 0.1) is 12.8 Å². The summed E-state index contributed by atoms with van der Waals surface area (Å²) in [6, 6.07) is 13.7. The fourth-order valence-electron chi connectivity index (χ4n) is 1.95. The van der Waals surface area contributed by atoms with E-state index in [1.54, 1.807) is 6.26 Å². The van der Waals surface area contributed by atoms with Gasteiger partial charge in [0.15, 0.2) is 0 Å². The van der Waals surface area contributed by atoms with Gasteiger partial charge in [-0.1, -0.05) is 18.2 Å². The van der Waals surface area contributed by atoms with Crippen molar-refractivity contribution in [3.05, 3.63) is 54.5 Å². The molecule has 0 bridgehead atoms. The fourth-order valence-corrected chi connectivity index (χ4v) is 1.95. The molecule has 1 aromatic heterocycles. The standard InChI is InChI=1S/C16H20N2O2/c1-13(9-10-15-8-5-11-20-15)18-16(19)12-17-14-6-3-2-4-7-14/h2-8,11,13,17H,9-10,12H2,1H3,(H,18,19). The van der Waals surface area contributed by atoms with Gasteiger partial charge in [-0.15, -0.1) is 0 Å². The first kappa shape index (κ1) is 14.2. The van der Waals surface area contributed by atoms with Crippen LogP contribution in [0.25, 0.3) is 0 Å². The molecule has 2 N–H and O–H groups in total. The monoisotopic (exact) mass is 272 g/mol. The Balaban J connectivity index is 1.66. The summed E-state index contributed by atoms with van der Waals surface area (Å²) in [6.45, 7) is 2.29. The van der Waals surface area contributed by atoms with E-state index in [2.05, 4.69) is 10.6 Å². The number of amides is 1. The molecule has 2 aromatic rings. The minimum absolute atomic E-state index is 0.000739. The summed E-state index contributed by atoms with van der Waals surface area (Å²) in [7, 11) is 0. The summed E-state index contributed by atoms with van der Waals surface area (Å²) in [4.78, 5) is 11.8. The van der Waals surface area contributed by atoms with Crippen molar-refractivity contribution in [2.24, 2.45) is 0 Å². The molecule has 0 aliphatic carbocycles. The normalized spacial score (nSPS) is 11.8. The van der Waals surface area contributed by atoms with E-state index < -0.39 is 0 Å². The average Bonchev–Trinajstić information content (AvgIpc) is 2.97. The molecule has 1 amide bonds. The van der Waals surface area contributed by atoms with Crippen molar-refractivity contribution in [1.82, 2.24) is 5.32 Å². The minimum atomic E-state index is 0.000739. The van der Waals surface area contributed by atoms with Crippen LogP contribution < -0.4 is 10.6 Å². The number of aryl methyl sites for hydroxylation is 1. The maximum atomic E-state index is 11.8. The highest BCUT2D eigenvalue weighted by Gasteiger charge is 2.08. The lowest BCUT2D eigenvalue weighted by Gasteiger charge is -2.14. The highest BCUT2D eigenvalue weighted by atomic mass is 16.3. The van der Waals surface area contributed by atoms with Gasteiger partial charge in [-0.25, -0.2) is 0 Å². The highest BCUT2D eigenvalue weighted by molar-refractivity contribution is 5.80. The molecule has 0 saturated heterocycles. The summed E-state index contributed by atoms with van der Waals surface area (Å²) >= 11 is 0. The Morgan fingerprint density at radius 1 is 1.20 bits per heavy atom. The number of nitrogens with one attached hydrogen (secondary N) is 2. The topological polar surface area (TPSA) is 54.3 Å². The van der Waals surface area contributed by atoms with Gasteiger partial charge in [0.1, 0.15) is 5.76 Å². The van der Waals surface area contributed by atoms with Crippen molar-refractivity contribution >= 4 is 11.6 Å². The molecule has 0 radical (unpaired) electrons. The number of para-hydroxylation sites is 1. The van der Waals surface area contributed by atoms with Gasteiger partial charge in [-0.2, -0.15) is 0 Å². The Labute approximate surface area is 119 Å². The van der Waals surface area contributed by atoms with E-state index in [-0.39, 0.29) is 18.5 Å². The summed E-state index contributed by atoms with van der Waals surface area (Å²) in [5.41, 5.74) is 0.950. The van der Waals surface area contributed by atoms with Gasteiger partial charge in [0.25, 0.3) is 0 Å². The zero-order valence-electron chi connectivity index (χ0n) is 11.6. The lowest BCUT2D eigenvalue weighted by atomic mass is 10.1. The number of hydrogen-bond acceptors (Lipinski definition) is 3. The number of rotatable bonds is 7. The van der Waals surface area contributed by atoms with E-state index in [1.807, 2.05) is 49.4 Å². The molecule has 0 saturated carbocycles. The van der Waals surface area contributed by atoms with Crippen LogP contribution >= 0.6 is 0 Å². The largest absolute Gasteiger partial charge is 0.469 e. The number of benzene rings is 1. The average molecular weight is 272 g/mol. The van der Waals surface area contributed by atoms with E-state index in [0.717, 1.165) is 24.3 Å². The van der Waals surface area contributed by atoms with Crippen LogP contribution in [0.15, 0.2) is 53.1 Å². The quantitative estimate of drug-likeness (QED) is 0.815. The number of anilines is 1. The van der Waals surface area contributed by atoms with Gasteiger partial charge in [0.2, 0.25) is 5.91 Å². The Morgan fingerprint density at radius 3 is 2.70 bits per heavy atom. The number of hydrogen-bond donors (Lipinski definition) is 2. The molecule has 0 aliphatic rings. The molecule has 0 aliphatic heterocycles. The van der Waals surface area contributed by atoms with Gasteiger partial charge in [0, 0.05) is 18.2 Å². The third-order valence-electron chi connectivity index (χ3n) is 3.04. The molecule has 20 heavy (non-hydrogen) atoms. The summed E-state index contributed by atoms with van der Waals surface area (Å²) in [5.74, 6) is 0.953. The minimum Gasteiger partial charge on any atom is -0.469 e. The Morgan fingerprint density at radius 2 is 2.00 bits per heavy atom. The van der Waals surface area contributed by atoms with Crippen LogP contribution in [0.1, 0.15) is 19.1 Å². The van der Waals surface area contributed by atoms with E-state index >= 15 is 0 Å². The molecule has 4 nitrogen and oxygen atoms in total. The molecule has 2 rings (SSSR count). The smallest absolute Gasteiger partial charge is 0.239 e. The van der Waals surface area contributed by atoms with E-state index in [0.29, 0.717) is 0 Å². The first-order chi connectivity index (χ1) is 9.74. The second kappa shape index (κ2) is 7.38. The first-order valence-electron chi connectivity index (χ1n) is 6.84. The van der Waals surface area contributed by atoms with Crippen molar-refractivity contribution in [3.8, 4) is 0 Å². The highest BCUT2D eigenvalue weighted by Crippen LogP contribution is 2.06. The van der Waals surface area contributed by atoms with Crippen molar-refractivity contribution in [2.75, 3.05) is 11.9 Å². The van der Waals surface area contributed by atoms with E-state index in [4.69, 9.17) is 4.42 Å². The maximum absolute atomic E-state index is 11.8. The molecule has 106 valence electrons. The molecule has 1 atom stereocenters. The van der Waals surface area contributed by atoms with Crippen molar-refractivity contribution in [2.45, 2.75) is 25.8 Å². The number of furan rings is 1. The summed E-state index contributed by atoms with van der Waals surface area (Å²) < 4.78 is 5.27. The van der Waals surface area contributed by atoms with Crippen LogP contribution in [-0.4, -0.2) is 18.5 Å². The summed E-state index contributed by atoms with van der Waals surface area (Å²) in [5, 5.41) is 6.06. The maximum Gasteiger partial charge on any atom is 0.239 e. The Hall–Kier alpha value is -2.23. The zero-order valence-corrected chi connectivity index (χ0v) is 11.6. The molecule has 1 heterocycles. The number of carbonyl (C=O) groups excluding carboxylic acids is 1. The Bertz CT molecular complexity index is 509. The SMILES string of the molecule is CC(CCc1ccco1)NC(=O)CNc1ccccc1. The van der Waals surface area contributed by atoms with Crippen LogP contribution in [0.2, 0.25) is 0 Å². The molecule has 1 aromatic carbocycles. The predicted octanol–water partition coefficient (Wildman–Crippen LogP) is 2.83. The predicted molar refractivity (Wildman–Crippen MR) is 79.6 cm³/mol. The molecule has 0 spiro atoms. The van der Waals surface area contributed by atoms with Gasteiger partial charge in [-0.3, -0.25) is 4.79 Å². The first-order valence-corrected chi connectivity index (χ1v) is 6.84. The molecule has 4 heteroatoms. The van der Waals surface area contributed by atoms with Crippen molar-refractivity contribution < 1.29 is 9.21 Å². The lowest BCUT2D eigenvalue weighted by molar-refractivity contribution is -0.120. The van der Waals surface area contributed by atoms with Crippen molar-refractivity contribution in [3.63, 3.8) is 0 Å². The van der Waals surface area contributed by atoms with Gasteiger partial charge in [-0.05, 0) is 37.6 Å². The van der Waals surface area contributed by atoms with Crippen LogP contribution in [0.5, 0.6) is 0 Å². The third-order valence-corrected chi connectivity index (χ3v) is 3.04. The van der Waals surface area contributed by atoms with Crippen LogP contribution in [-0.2, 0) is 11.2 Å². The van der Waals surface area contributed by atoms with Crippen LogP contribution in [0, 0.1) is 0 Å². The zero-order chi connectivity index (χ0) is 14.2. The number of carbonyl (C=O) groups is 1. The van der Waals surface area contributed by atoms with Crippen LogP contribution in [0.4, 0.5) is 5.69 Å². The third kappa shape index (κ3) is 4.80. The lowest BCUT2D eigenvalue weighted by Crippen LogP contribution is -2.36. The molecular weight excluding hydrogens is 252 g/mol. The molecule has 0 fully saturated rings. The second-order valence-corrected chi connectivity index (χ2v) is 4.81. The summed E-state index contributed by atoms with van der Waals surface area (Å²) in [6.07, 6.45) is 3.37. The van der Waals surface area contributed by atoms with E-state index in [9.17, 15) is 4.79 Å². The fraction of sp³-hybridized carbons (Fsp3) is 0.312. The van der Waals surface area contributed by atoms with Crippen LogP contribution in [0.3, 0.4) is 0 Å².